The van der Waals surface area contributed by atoms with Gasteiger partial charge in [-0.1, -0.05) is 47.5 Å². The second kappa shape index (κ2) is 10.1. The van der Waals surface area contributed by atoms with E-state index < -0.39 is 19.0 Å². The van der Waals surface area contributed by atoms with Crippen molar-refractivity contribution in [2.24, 2.45) is 0 Å². The first-order valence-electron chi connectivity index (χ1n) is 7.63. The molecule has 0 amide bonds. The fourth-order valence-electron chi connectivity index (χ4n) is 2.03. The maximum Gasteiger partial charge on any atom is 0.387 e. The number of hydrogen-bond acceptors (Lipinski definition) is 3. The van der Waals surface area contributed by atoms with Crippen molar-refractivity contribution < 1.29 is 31.8 Å². The minimum absolute atomic E-state index is 0.00762. The topological polar surface area (TPSA) is 35.5 Å². The molecular weight excluding hydrogens is 423 g/mol. The maximum absolute atomic E-state index is 12.3. The van der Waals surface area contributed by atoms with E-state index >= 15 is 0 Å². The zero-order valence-corrected chi connectivity index (χ0v) is 15.4. The average molecular weight is 435 g/mol. The number of ketones is 1. The van der Waals surface area contributed by atoms with Gasteiger partial charge in [-0.3, -0.25) is 4.79 Å². The summed E-state index contributed by atoms with van der Waals surface area (Å²) in [5.74, 6) is -0.860. The van der Waals surface area contributed by atoms with Gasteiger partial charge in [0.1, 0.15) is 11.5 Å². The molecule has 9 heteroatoms. The van der Waals surface area contributed by atoms with Crippen molar-refractivity contribution in [2.75, 3.05) is 0 Å². The van der Waals surface area contributed by atoms with Crippen molar-refractivity contribution in [2.45, 2.75) is 13.2 Å². The van der Waals surface area contributed by atoms with Crippen molar-refractivity contribution >= 4 is 41.1 Å². The fourth-order valence-corrected chi connectivity index (χ4v) is 2.36. The Morgan fingerprint density at radius 3 is 1.54 bits per heavy atom. The molecule has 0 saturated carbocycles. The highest BCUT2D eigenvalue weighted by Gasteiger charge is 2.09. The molecule has 0 heterocycles. The van der Waals surface area contributed by atoms with Gasteiger partial charge in [-0.2, -0.15) is 17.6 Å². The Morgan fingerprint density at radius 2 is 1.18 bits per heavy atom. The second-order valence-corrected chi connectivity index (χ2v) is 6.02. The largest absolute Gasteiger partial charge is 0.433 e. The molecular formula is C19H12Cl2F4O3. The molecule has 2 aromatic rings. The first-order chi connectivity index (χ1) is 13.2. The van der Waals surface area contributed by atoms with Crippen LogP contribution in [0.4, 0.5) is 17.6 Å². The van der Waals surface area contributed by atoms with Crippen LogP contribution in [0.5, 0.6) is 11.5 Å². The van der Waals surface area contributed by atoms with Crippen LogP contribution in [0.2, 0.25) is 10.0 Å². The molecule has 28 heavy (non-hydrogen) atoms. The number of carbonyl (C=O) groups excluding carboxylic acids is 1. The van der Waals surface area contributed by atoms with Crippen molar-refractivity contribution in [1.29, 1.82) is 0 Å². The van der Waals surface area contributed by atoms with Gasteiger partial charge in [-0.05, 0) is 47.5 Å². The molecule has 0 fully saturated rings. The standard InChI is InChI=1S/C19H12Cl2F4O3/c20-14-7-3-11(9-16(14)27-18(22)23)1-5-13(26)6-2-12-4-8-15(21)17(10-12)28-19(24)25/h1-10,18-19H/b5-1+,6-2+. The van der Waals surface area contributed by atoms with Crippen LogP contribution in [-0.2, 0) is 4.79 Å². The first kappa shape index (κ1) is 21.8. The summed E-state index contributed by atoms with van der Waals surface area (Å²) in [4.78, 5) is 11.9. The molecule has 0 unspecified atom stereocenters. The lowest BCUT2D eigenvalue weighted by Gasteiger charge is -2.07. The van der Waals surface area contributed by atoms with E-state index in [1.165, 1.54) is 60.7 Å². The summed E-state index contributed by atoms with van der Waals surface area (Å²) >= 11 is 11.5. The van der Waals surface area contributed by atoms with Gasteiger partial charge < -0.3 is 9.47 Å². The summed E-state index contributed by atoms with van der Waals surface area (Å²) in [5, 5.41) is 0.0152. The molecule has 0 atom stereocenters. The number of ether oxygens (including phenoxy) is 2. The zero-order valence-electron chi connectivity index (χ0n) is 13.9. The first-order valence-corrected chi connectivity index (χ1v) is 8.39. The van der Waals surface area contributed by atoms with Gasteiger partial charge in [0, 0.05) is 0 Å². The number of alkyl halides is 4. The van der Waals surface area contributed by atoms with Gasteiger partial charge in [0.05, 0.1) is 10.0 Å². The predicted molar refractivity (Wildman–Crippen MR) is 99.2 cm³/mol. The minimum atomic E-state index is -3.03. The van der Waals surface area contributed by atoms with E-state index in [0.717, 1.165) is 0 Å². The Bertz CT molecular complexity index is 827. The third-order valence-electron chi connectivity index (χ3n) is 3.22. The third kappa shape index (κ3) is 6.90. The quantitative estimate of drug-likeness (QED) is 0.351. The van der Waals surface area contributed by atoms with Crippen LogP contribution in [0.1, 0.15) is 11.1 Å². The number of benzene rings is 2. The van der Waals surface area contributed by atoms with Crippen LogP contribution in [0.3, 0.4) is 0 Å². The Labute approximate surface area is 167 Å². The van der Waals surface area contributed by atoms with E-state index in [1.54, 1.807) is 0 Å². The molecule has 0 N–H and O–H groups in total. The summed E-state index contributed by atoms with van der Waals surface area (Å²) in [6.45, 7) is -6.06. The summed E-state index contributed by atoms with van der Waals surface area (Å²) in [6.07, 6.45) is 5.15. The maximum atomic E-state index is 12.3. The molecule has 0 spiro atoms. The van der Waals surface area contributed by atoms with Crippen LogP contribution in [0, 0.1) is 0 Å². The molecule has 0 aliphatic rings. The van der Waals surface area contributed by atoms with Crippen LogP contribution < -0.4 is 9.47 Å². The molecule has 0 radical (unpaired) electrons. The van der Waals surface area contributed by atoms with Gasteiger partial charge in [0.15, 0.2) is 5.78 Å². The Kier molecular flexibility index (Phi) is 7.90. The number of hydrogen-bond donors (Lipinski definition) is 0. The molecule has 0 aliphatic heterocycles. The molecule has 0 bridgehead atoms. The highest BCUT2D eigenvalue weighted by Crippen LogP contribution is 2.28. The SMILES string of the molecule is O=C(/C=C/c1ccc(Cl)c(OC(F)F)c1)/C=C/c1ccc(Cl)c(OC(F)F)c1. The predicted octanol–water partition coefficient (Wildman–Crippen LogP) is 6.49. The van der Waals surface area contributed by atoms with Gasteiger partial charge in [-0.15, -0.1) is 0 Å². The second-order valence-electron chi connectivity index (χ2n) is 5.21. The lowest BCUT2D eigenvalue weighted by molar-refractivity contribution is -0.110. The average Bonchev–Trinajstić information content (AvgIpc) is 2.62. The van der Waals surface area contributed by atoms with E-state index in [0.29, 0.717) is 11.1 Å². The molecule has 148 valence electrons. The molecule has 0 saturated heterocycles. The smallest absolute Gasteiger partial charge is 0.387 e. The van der Waals surface area contributed by atoms with Crippen molar-refractivity contribution in [3.8, 4) is 11.5 Å². The van der Waals surface area contributed by atoms with E-state index in [1.807, 2.05) is 0 Å². The lowest BCUT2D eigenvalue weighted by Crippen LogP contribution is -2.02. The number of halogens is 6. The fraction of sp³-hybridized carbons (Fsp3) is 0.105. The normalized spacial score (nSPS) is 11.7. The number of rotatable bonds is 8. The minimum Gasteiger partial charge on any atom is -0.433 e. The van der Waals surface area contributed by atoms with E-state index in [2.05, 4.69) is 9.47 Å². The summed E-state index contributed by atoms with van der Waals surface area (Å²) in [7, 11) is 0. The summed E-state index contributed by atoms with van der Waals surface area (Å²) in [5.41, 5.74) is 0.835. The zero-order chi connectivity index (χ0) is 20.7. The van der Waals surface area contributed by atoms with E-state index in [4.69, 9.17) is 23.2 Å². The Balaban J connectivity index is 2.07. The highest BCUT2D eigenvalue weighted by molar-refractivity contribution is 6.32. The van der Waals surface area contributed by atoms with Gasteiger partial charge in [-0.25, -0.2) is 0 Å². The van der Waals surface area contributed by atoms with Crippen LogP contribution in [0.15, 0.2) is 48.6 Å². The molecule has 2 aromatic carbocycles. The van der Waals surface area contributed by atoms with Crippen LogP contribution in [0.25, 0.3) is 12.2 Å². The van der Waals surface area contributed by atoms with Crippen LogP contribution in [-0.4, -0.2) is 19.0 Å². The third-order valence-corrected chi connectivity index (χ3v) is 3.85. The lowest BCUT2D eigenvalue weighted by atomic mass is 10.1. The van der Waals surface area contributed by atoms with Crippen molar-refractivity contribution in [3.05, 3.63) is 69.7 Å². The molecule has 2 rings (SSSR count). The number of carbonyl (C=O) groups is 1. The van der Waals surface area contributed by atoms with Gasteiger partial charge in [0.25, 0.3) is 0 Å². The molecule has 0 aromatic heterocycles. The van der Waals surface area contributed by atoms with Crippen molar-refractivity contribution in [3.63, 3.8) is 0 Å². The number of allylic oxidation sites excluding steroid dienone is 2. The van der Waals surface area contributed by atoms with E-state index in [9.17, 15) is 22.4 Å². The Morgan fingerprint density at radius 1 is 0.786 bits per heavy atom. The van der Waals surface area contributed by atoms with Crippen LogP contribution >= 0.6 is 23.2 Å². The van der Waals surface area contributed by atoms with Gasteiger partial charge >= 0.3 is 13.2 Å². The summed E-state index contributed by atoms with van der Waals surface area (Å²) < 4.78 is 57.8. The monoisotopic (exact) mass is 434 g/mol. The van der Waals surface area contributed by atoms with Gasteiger partial charge in [0.2, 0.25) is 0 Å². The van der Waals surface area contributed by atoms with E-state index in [-0.39, 0.29) is 21.5 Å². The molecule has 3 nitrogen and oxygen atoms in total. The Hall–Kier alpha value is -2.51. The summed E-state index contributed by atoms with van der Waals surface area (Å²) in [6, 6.07) is 8.27. The molecule has 0 aliphatic carbocycles. The van der Waals surface area contributed by atoms with Crippen molar-refractivity contribution in [1.82, 2.24) is 0 Å². The highest BCUT2D eigenvalue weighted by atomic mass is 35.5.